The number of aromatic nitrogens is 4. The summed E-state index contributed by atoms with van der Waals surface area (Å²) in [5.74, 6) is 1.23. The largest absolute Gasteiger partial charge is 0.322 e. The molecule has 2 aliphatic rings. The zero-order chi connectivity index (χ0) is 17.4. The molecule has 0 unspecified atom stereocenters. The van der Waals surface area contributed by atoms with Crippen LogP contribution in [0.25, 0.3) is 0 Å². The molecule has 3 heterocycles. The molecule has 7 heteroatoms. The average Bonchev–Trinajstić information content (AvgIpc) is 3.37. The maximum absolute atomic E-state index is 12.8. The SMILES string of the molecule is Cc1cnn([C@H]2CCCN(C(=O)Nc3cnc(C)nc3C3CC3)C2)c1. The maximum atomic E-state index is 12.8. The van der Waals surface area contributed by atoms with Crippen molar-refractivity contribution in [3.8, 4) is 0 Å². The fraction of sp³-hybridized carbons (Fsp3) is 0.556. The van der Waals surface area contributed by atoms with Gasteiger partial charge in [-0.2, -0.15) is 5.10 Å². The number of carbonyl (C=O) groups is 1. The molecule has 1 N–H and O–H groups in total. The van der Waals surface area contributed by atoms with Crippen LogP contribution in [0.5, 0.6) is 0 Å². The highest BCUT2D eigenvalue weighted by Crippen LogP contribution is 2.42. The topological polar surface area (TPSA) is 75.9 Å². The molecule has 25 heavy (non-hydrogen) atoms. The molecule has 2 fully saturated rings. The number of likely N-dealkylation sites (tertiary alicyclic amines) is 1. The highest BCUT2D eigenvalue weighted by atomic mass is 16.2. The molecule has 1 atom stereocenters. The number of piperidine rings is 1. The first-order chi connectivity index (χ1) is 12.1. The highest BCUT2D eigenvalue weighted by molar-refractivity contribution is 5.90. The van der Waals surface area contributed by atoms with Gasteiger partial charge < -0.3 is 10.2 Å². The maximum Gasteiger partial charge on any atom is 0.322 e. The van der Waals surface area contributed by atoms with Gasteiger partial charge in [0.1, 0.15) is 5.82 Å². The van der Waals surface area contributed by atoms with E-state index < -0.39 is 0 Å². The van der Waals surface area contributed by atoms with Gasteiger partial charge in [0, 0.05) is 25.2 Å². The third-order valence-corrected chi connectivity index (χ3v) is 4.93. The molecule has 0 radical (unpaired) electrons. The molecule has 1 saturated heterocycles. The summed E-state index contributed by atoms with van der Waals surface area (Å²) in [6.07, 6.45) is 9.97. The minimum atomic E-state index is -0.0667. The summed E-state index contributed by atoms with van der Waals surface area (Å²) < 4.78 is 1.99. The average molecular weight is 340 g/mol. The number of carbonyl (C=O) groups excluding carboxylic acids is 1. The number of aryl methyl sites for hydroxylation is 2. The first-order valence-corrected chi connectivity index (χ1v) is 9.00. The molecule has 0 aromatic carbocycles. The number of nitrogens with one attached hydrogen (secondary N) is 1. The van der Waals surface area contributed by atoms with Crippen LogP contribution in [0.4, 0.5) is 10.5 Å². The Balaban J connectivity index is 1.46. The van der Waals surface area contributed by atoms with E-state index in [9.17, 15) is 4.79 Å². The van der Waals surface area contributed by atoms with Gasteiger partial charge in [-0.15, -0.1) is 0 Å². The predicted octanol–water partition coefficient (Wildman–Crippen LogP) is 3.04. The molecule has 1 aliphatic heterocycles. The lowest BCUT2D eigenvalue weighted by Crippen LogP contribution is -2.43. The van der Waals surface area contributed by atoms with Gasteiger partial charge in [0.25, 0.3) is 0 Å². The number of hydrogen-bond donors (Lipinski definition) is 1. The highest BCUT2D eigenvalue weighted by Gasteiger charge is 2.30. The van der Waals surface area contributed by atoms with Crippen LogP contribution in [0.1, 0.15) is 54.7 Å². The Morgan fingerprint density at radius 3 is 2.80 bits per heavy atom. The van der Waals surface area contributed by atoms with E-state index in [-0.39, 0.29) is 12.1 Å². The standard InChI is InChI=1S/C18H24N6O/c1-12-8-20-24(10-12)15-4-3-7-23(11-15)18(25)22-16-9-19-13(2)21-17(16)14-5-6-14/h8-10,14-15H,3-7,11H2,1-2H3,(H,22,25)/t15-/m0/s1. The van der Waals surface area contributed by atoms with Crippen LogP contribution >= 0.6 is 0 Å². The van der Waals surface area contributed by atoms with E-state index in [0.29, 0.717) is 12.5 Å². The number of amides is 2. The third-order valence-electron chi connectivity index (χ3n) is 4.93. The van der Waals surface area contributed by atoms with Crippen molar-refractivity contribution < 1.29 is 4.79 Å². The van der Waals surface area contributed by atoms with Crippen LogP contribution in [0.15, 0.2) is 18.6 Å². The monoisotopic (exact) mass is 340 g/mol. The van der Waals surface area contributed by atoms with E-state index in [0.717, 1.165) is 55.0 Å². The molecule has 132 valence electrons. The lowest BCUT2D eigenvalue weighted by molar-refractivity contribution is 0.174. The van der Waals surface area contributed by atoms with E-state index in [2.05, 4.69) is 20.4 Å². The molecule has 7 nitrogen and oxygen atoms in total. The third kappa shape index (κ3) is 3.50. The van der Waals surface area contributed by atoms with Crippen LogP contribution in [0.2, 0.25) is 0 Å². The van der Waals surface area contributed by atoms with Crippen LogP contribution in [-0.2, 0) is 0 Å². The number of urea groups is 1. The summed E-state index contributed by atoms with van der Waals surface area (Å²) in [5, 5.41) is 7.45. The minimum absolute atomic E-state index is 0.0667. The van der Waals surface area contributed by atoms with Gasteiger partial charge in [-0.25, -0.2) is 14.8 Å². The molecule has 0 spiro atoms. The summed E-state index contributed by atoms with van der Waals surface area (Å²) in [6.45, 7) is 5.37. The Labute approximate surface area is 147 Å². The van der Waals surface area contributed by atoms with Crippen molar-refractivity contribution in [2.75, 3.05) is 18.4 Å². The second kappa shape index (κ2) is 6.46. The van der Waals surface area contributed by atoms with E-state index in [1.54, 1.807) is 6.20 Å². The van der Waals surface area contributed by atoms with Crippen molar-refractivity contribution in [1.82, 2.24) is 24.6 Å². The molecule has 2 amide bonds. The van der Waals surface area contributed by atoms with Gasteiger partial charge in [0.15, 0.2) is 0 Å². The van der Waals surface area contributed by atoms with Gasteiger partial charge in [0.05, 0.1) is 29.8 Å². The predicted molar refractivity (Wildman–Crippen MR) is 94.6 cm³/mol. The van der Waals surface area contributed by atoms with Crippen LogP contribution in [0, 0.1) is 13.8 Å². The first kappa shape index (κ1) is 16.1. The van der Waals surface area contributed by atoms with Crippen LogP contribution in [0.3, 0.4) is 0 Å². The van der Waals surface area contributed by atoms with Gasteiger partial charge in [-0.3, -0.25) is 4.68 Å². The Morgan fingerprint density at radius 1 is 1.24 bits per heavy atom. The molecule has 4 rings (SSSR count). The van der Waals surface area contributed by atoms with Crippen LogP contribution < -0.4 is 5.32 Å². The van der Waals surface area contributed by atoms with E-state index in [1.165, 1.54) is 0 Å². The summed E-state index contributed by atoms with van der Waals surface area (Å²) in [6, 6.07) is 0.174. The zero-order valence-corrected chi connectivity index (χ0v) is 14.8. The summed E-state index contributed by atoms with van der Waals surface area (Å²) in [4.78, 5) is 23.4. The van der Waals surface area contributed by atoms with Crippen molar-refractivity contribution in [2.45, 2.75) is 51.5 Å². The fourth-order valence-electron chi connectivity index (χ4n) is 3.43. The van der Waals surface area contributed by atoms with Crippen molar-refractivity contribution >= 4 is 11.7 Å². The Morgan fingerprint density at radius 2 is 2.08 bits per heavy atom. The normalized spacial score (nSPS) is 20.6. The van der Waals surface area contributed by atoms with E-state index in [4.69, 9.17) is 0 Å². The molecular formula is C18H24N6O. The van der Waals surface area contributed by atoms with Gasteiger partial charge in [-0.05, 0) is 45.1 Å². The van der Waals surface area contributed by atoms with Gasteiger partial charge in [0.2, 0.25) is 0 Å². The van der Waals surface area contributed by atoms with Crippen molar-refractivity contribution in [2.24, 2.45) is 0 Å². The molecule has 1 aliphatic carbocycles. The second-order valence-electron chi connectivity index (χ2n) is 7.16. The lowest BCUT2D eigenvalue weighted by Gasteiger charge is -2.33. The number of rotatable bonds is 3. The van der Waals surface area contributed by atoms with Gasteiger partial charge in [-0.1, -0.05) is 0 Å². The van der Waals surface area contributed by atoms with Crippen molar-refractivity contribution in [1.29, 1.82) is 0 Å². The smallest absolute Gasteiger partial charge is 0.322 e. The number of anilines is 1. The molecular weight excluding hydrogens is 316 g/mol. The molecule has 2 aromatic heterocycles. The van der Waals surface area contributed by atoms with E-state index >= 15 is 0 Å². The Hall–Kier alpha value is -2.44. The fourth-order valence-corrected chi connectivity index (χ4v) is 3.43. The Kier molecular flexibility index (Phi) is 4.15. The van der Waals surface area contributed by atoms with Crippen LogP contribution in [-0.4, -0.2) is 43.8 Å². The summed E-state index contributed by atoms with van der Waals surface area (Å²) in [7, 11) is 0. The summed E-state index contributed by atoms with van der Waals surface area (Å²) in [5.41, 5.74) is 2.89. The summed E-state index contributed by atoms with van der Waals surface area (Å²) >= 11 is 0. The quantitative estimate of drug-likeness (QED) is 0.932. The van der Waals surface area contributed by atoms with E-state index in [1.807, 2.05) is 35.8 Å². The van der Waals surface area contributed by atoms with Gasteiger partial charge >= 0.3 is 6.03 Å². The zero-order valence-electron chi connectivity index (χ0n) is 14.8. The first-order valence-electron chi connectivity index (χ1n) is 9.00. The molecule has 2 aromatic rings. The second-order valence-corrected chi connectivity index (χ2v) is 7.16. The minimum Gasteiger partial charge on any atom is -0.322 e. The lowest BCUT2D eigenvalue weighted by atomic mass is 10.1. The number of hydrogen-bond acceptors (Lipinski definition) is 4. The Bertz CT molecular complexity index is 782. The molecule has 0 bridgehead atoms. The number of nitrogens with zero attached hydrogens (tertiary/aromatic N) is 5. The van der Waals surface area contributed by atoms with Crippen molar-refractivity contribution in [3.63, 3.8) is 0 Å². The van der Waals surface area contributed by atoms with Crippen molar-refractivity contribution in [3.05, 3.63) is 35.7 Å². The molecule has 1 saturated carbocycles.